The van der Waals surface area contributed by atoms with Crippen LogP contribution in [0.25, 0.3) is 11.2 Å². The van der Waals surface area contributed by atoms with Gasteiger partial charge in [-0.1, -0.05) is 24.6 Å². The van der Waals surface area contributed by atoms with Crippen LogP contribution < -0.4 is 10.6 Å². The van der Waals surface area contributed by atoms with E-state index < -0.39 is 0 Å². The van der Waals surface area contributed by atoms with Crippen molar-refractivity contribution in [3.05, 3.63) is 42.2 Å². The molecule has 0 aliphatic rings. The van der Waals surface area contributed by atoms with Crippen molar-refractivity contribution in [3.8, 4) is 0 Å². The highest BCUT2D eigenvalue weighted by molar-refractivity contribution is 5.85. The molecule has 118 valence electrons. The molecule has 0 fully saturated rings. The van der Waals surface area contributed by atoms with Gasteiger partial charge in [-0.3, -0.25) is 0 Å². The molecule has 6 heteroatoms. The van der Waals surface area contributed by atoms with E-state index in [1.54, 1.807) is 12.4 Å². The first-order valence-corrected chi connectivity index (χ1v) is 7.74. The first-order valence-electron chi connectivity index (χ1n) is 7.74. The molecule has 0 radical (unpaired) electrons. The van der Waals surface area contributed by atoms with E-state index in [0.29, 0.717) is 22.9 Å². The van der Waals surface area contributed by atoms with Crippen molar-refractivity contribution >= 4 is 28.6 Å². The number of nitrogens with one attached hydrogen (secondary N) is 2. The summed E-state index contributed by atoms with van der Waals surface area (Å²) >= 11 is 0. The van der Waals surface area contributed by atoms with Gasteiger partial charge in [0.25, 0.3) is 0 Å². The van der Waals surface area contributed by atoms with Crippen LogP contribution in [0.2, 0.25) is 0 Å². The van der Waals surface area contributed by atoms with E-state index in [1.165, 1.54) is 5.56 Å². The maximum Gasteiger partial charge on any atom is 0.227 e. The Morgan fingerprint density at radius 2 is 1.78 bits per heavy atom. The van der Waals surface area contributed by atoms with Crippen LogP contribution in [0.5, 0.6) is 0 Å². The number of aromatic nitrogens is 4. The Hall–Kier alpha value is -2.76. The Morgan fingerprint density at radius 1 is 1.04 bits per heavy atom. The summed E-state index contributed by atoms with van der Waals surface area (Å²) in [5.74, 6) is 1.21. The molecule has 0 amide bonds. The van der Waals surface area contributed by atoms with E-state index in [9.17, 15) is 0 Å². The molecule has 2 heterocycles. The summed E-state index contributed by atoms with van der Waals surface area (Å²) in [7, 11) is 0. The minimum atomic E-state index is 0.288. The van der Waals surface area contributed by atoms with Crippen LogP contribution in [0.4, 0.5) is 17.5 Å². The second-order valence-electron chi connectivity index (χ2n) is 5.57. The molecular weight excluding hydrogens is 288 g/mol. The topological polar surface area (TPSA) is 75.6 Å². The fourth-order valence-corrected chi connectivity index (χ4v) is 2.11. The molecule has 23 heavy (non-hydrogen) atoms. The van der Waals surface area contributed by atoms with Gasteiger partial charge in [-0.15, -0.1) is 0 Å². The van der Waals surface area contributed by atoms with Crippen molar-refractivity contribution in [1.82, 2.24) is 19.9 Å². The smallest absolute Gasteiger partial charge is 0.227 e. The number of rotatable bonds is 5. The summed E-state index contributed by atoms with van der Waals surface area (Å²) in [6.45, 7) is 6.27. The van der Waals surface area contributed by atoms with Gasteiger partial charge < -0.3 is 10.6 Å². The van der Waals surface area contributed by atoms with Crippen molar-refractivity contribution in [1.29, 1.82) is 0 Å². The van der Waals surface area contributed by atoms with Crippen LogP contribution in [0.1, 0.15) is 25.8 Å². The minimum absolute atomic E-state index is 0.288. The third-order valence-corrected chi connectivity index (χ3v) is 3.63. The van der Waals surface area contributed by atoms with Gasteiger partial charge in [0, 0.05) is 24.1 Å². The molecule has 0 aliphatic carbocycles. The van der Waals surface area contributed by atoms with Crippen LogP contribution in [0.3, 0.4) is 0 Å². The van der Waals surface area contributed by atoms with Gasteiger partial charge in [0.15, 0.2) is 17.0 Å². The van der Waals surface area contributed by atoms with E-state index in [2.05, 4.69) is 63.5 Å². The molecule has 0 aliphatic heterocycles. The van der Waals surface area contributed by atoms with Crippen LogP contribution in [0.15, 0.2) is 36.7 Å². The Kier molecular flexibility index (Phi) is 4.32. The second-order valence-corrected chi connectivity index (χ2v) is 5.57. The third-order valence-electron chi connectivity index (χ3n) is 3.63. The van der Waals surface area contributed by atoms with Crippen molar-refractivity contribution in [3.63, 3.8) is 0 Å². The Bertz CT molecular complexity index is 800. The molecule has 1 aromatic carbocycles. The Balaban J connectivity index is 2.00. The predicted molar refractivity (Wildman–Crippen MR) is 93.0 cm³/mol. The lowest BCUT2D eigenvalue weighted by Crippen LogP contribution is -2.16. The number of aryl methyl sites for hydroxylation is 1. The summed E-state index contributed by atoms with van der Waals surface area (Å²) in [5, 5.41) is 6.60. The van der Waals surface area contributed by atoms with E-state index in [4.69, 9.17) is 0 Å². The highest BCUT2D eigenvalue weighted by atomic mass is 15.2. The lowest BCUT2D eigenvalue weighted by Gasteiger charge is -2.14. The third kappa shape index (κ3) is 3.53. The molecule has 3 rings (SSSR count). The van der Waals surface area contributed by atoms with Gasteiger partial charge in [-0.25, -0.2) is 9.97 Å². The molecule has 0 bridgehead atoms. The lowest BCUT2D eigenvalue weighted by atomic mass is 10.2. The number of fused-ring (bicyclic) bond motifs is 1. The average molecular weight is 308 g/mol. The van der Waals surface area contributed by atoms with Crippen molar-refractivity contribution in [2.24, 2.45) is 0 Å². The van der Waals surface area contributed by atoms with Crippen molar-refractivity contribution in [2.75, 3.05) is 10.6 Å². The van der Waals surface area contributed by atoms with E-state index in [1.807, 2.05) is 12.1 Å². The summed E-state index contributed by atoms with van der Waals surface area (Å²) in [6, 6.07) is 8.42. The molecule has 1 unspecified atom stereocenters. The monoisotopic (exact) mass is 308 g/mol. The maximum absolute atomic E-state index is 4.57. The van der Waals surface area contributed by atoms with Gasteiger partial charge >= 0.3 is 0 Å². The Morgan fingerprint density at radius 3 is 2.52 bits per heavy atom. The van der Waals surface area contributed by atoms with Gasteiger partial charge in [-0.2, -0.15) is 9.97 Å². The van der Waals surface area contributed by atoms with Gasteiger partial charge in [0.2, 0.25) is 5.95 Å². The van der Waals surface area contributed by atoms with Crippen LogP contribution in [-0.2, 0) is 0 Å². The Labute approximate surface area is 135 Å². The zero-order valence-electron chi connectivity index (χ0n) is 13.5. The van der Waals surface area contributed by atoms with Crippen LogP contribution in [-0.4, -0.2) is 26.0 Å². The largest absolute Gasteiger partial charge is 0.352 e. The number of hydrogen-bond acceptors (Lipinski definition) is 6. The molecule has 6 nitrogen and oxygen atoms in total. The summed E-state index contributed by atoms with van der Waals surface area (Å²) in [5.41, 5.74) is 3.39. The van der Waals surface area contributed by atoms with E-state index in [-0.39, 0.29) is 6.04 Å². The van der Waals surface area contributed by atoms with Gasteiger partial charge in [0.1, 0.15) is 0 Å². The van der Waals surface area contributed by atoms with Crippen molar-refractivity contribution < 1.29 is 0 Å². The second kappa shape index (κ2) is 6.56. The SMILES string of the molecule is CCC(C)Nc1nc(Nc2ccc(C)cc2)c2nccnc2n1. The molecule has 0 saturated carbocycles. The highest BCUT2D eigenvalue weighted by Gasteiger charge is 2.11. The zero-order valence-corrected chi connectivity index (χ0v) is 13.5. The molecule has 0 saturated heterocycles. The normalized spacial score (nSPS) is 12.1. The summed E-state index contributed by atoms with van der Waals surface area (Å²) in [4.78, 5) is 17.7. The molecule has 2 N–H and O–H groups in total. The summed E-state index contributed by atoms with van der Waals surface area (Å²) < 4.78 is 0. The van der Waals surface area contributed by atoms with Crippen molar-refractivity contribution in [2.45, 2.75) is 33.2 Å². The maximum atomic E-state index is 4.57. The fraction of sp³-hybridized carbons (Fsp3) is 0.294. The molecule has 3 aromatic rings. The number of nitrogens with zero attached hydrogens (tertiary/aromatic N) is 4. The first-order chi connectivity index (χ1) is 11.2. The fourth-order valence-electron chi connectivity index (χ4n) is 2.11. The van der Waals surface area contributed by atoms with Gasteiger partial charge in [-0.05, 0) is 32.4 Å². The van der Waals surface area contributed by atoms with Crippen LogP contribution >= 0.6 is 0 Å². The summed E-state index contributed by atoms with van der Waals surface area (Å²) in [6.07, 6.45) is 4.27. The minimum Gasteiger partial charge on any atom is -0.352 e. The average Bonchev–Trinajstić information content (AvgIpc) is 2.57. The zero-order chi connectivity index (χ0) is 16.2. The molecule has 1 atom stereocenters. The van der Waals surface area contributed by atoms with Gasteiger partial charge in [0.05, 0.1) is 0 Å². The molecule has 0 spiro atoms. The predicted octanol–water partition coefficient (Wildman–Crippen LogP) is 3.68. The quantitative estimate of drug-likeness (QED) is 0.749. The highest BCUT2D eigenvalue weighted by Crippen LogP contribution is 2.23. The van der Waals surface area contributed by atoms with E-state index >= 15 is 0 Å². The van der Waals surface area contributed by atoms with Crippen LogP contribution in [0, 0.1) is 6.92 Å². The number of hydrogen-bond donors (Lipinski definition) is 2. The first kappa shape index (κ1) is 15.1. The number of benzene rings is 1. The lowest BCUT2D eigenvalue weighted by molar-refractivity contribution is 0.754. The molecular formula is C17H20N6. The molecule has 2 aromatic heterocycles. The number of anilines is 3. The standard InChI is InChI=1S/C17H20N6/c1-4-12(3)20-17-22-15-14(18-9-10-19-15)16(23-17)21-13-7-5-11(2)6-8-13/h5-10,12H,4H2,1-3H3,(H2,19,20,21,22,23). The van der Waals surface area contributed by atoms with E-state index in [0.717, 1.165) is 12.1 Å².